The highest BCUT2D eigenvalue weighted by molar-refractivity contribution is 7.07. The van der Waals surface area contributed by atoms with Crippen LogP contribution in [-0.4, -0.2) is 33.3 Å². The van der Waals surface area contributed by atoms with Gasteiger partial charge in [0.05, 0.1) is 11.2 Å². The summed E-state index contributed by atoms with van der Waals surface area (Å²) >= 11 is 1.44. The van der Waals surface area contributed by atoms with Crippen LogP contribution in [0, 0.1) is 0 Å². The van der Waals surface area contributed by atoms with Crippen LogP contribution < -0.4 is 0 Å². The van der Waals surface area contributed by atoms with E-state index in [0.29, 0.717) is 11.4 Å². The zero-order chi connectivity index (χ0) is 12.8. The van der Waals surface area contributed by atoms with Crippen LogP contribution in [0.2, 0.25) is 0 Å². The van der Waals surface area contributed by atoms with Crippen molar-refractivity contribution in [3.05, 3.63) is 46.7 Å². The third-order valence-corrected chi connectivity index (χ3v) is 2.86. The molecule has 0 aliphatic heterocycles. The zero-order valence-electron chi connectivity index (χ0n) is 9.43. The third kappa shape index (κ3) is 3.46. The number of hydrogen-bond acceptors (Lipinski definition) is 5. The molecule has 6 heteroatoms. The molecule has 0 fully saturated rings. The fourth-order valence-electron chi connectivity index (χ4n) is 1.37. The first-order valence-electron chi connectivity index (χ1n) is 5.30. The molecule has 0 spiro atoms. The average Bonchev–Trinajstić information content (AvgIpc) is 2.88. The smallest absolute Gasteiger partial charge is 0.328 e. The summed E-state index contributed by atoms with van der Waals surface area (Å²) in [5, 5.41) is 10.9. The van der Waals surface area contributed by atoms with Crippen LogP contribution in [0.1, 0.15) is 11.4 Å². The molecule has 1 atom stereocenters. The van der Waals surface area contributed by atoms with Gasteiger partial charge in [-0.25, -0.2) is 9.78 Å². The van der Waals surface area contributed by atoms with E-state index in [-0.39, 0.29) is 6.42 Å². The molecule has 0 radical (unpaired) electrons. The minimum absolute atomic E-state index is 0.275. The molecule has 2 aromatic rings. The Morgan fingerprint density at radius 2 is 2.39 bits per heavy atom. The SMILES string of the molecule is O=C(O)C(Cc1ccccn1)/N=C/c1cscn1. The van der Waals surface area contributed by atoms with Gasteiger partial charge in [0.2, 0.25) is 0 Å². The molecule has 0 aromatic carbocycles. The Morgan fingerprint density at radius 3 is 3.00 bits per heavy atom. The topological polar surface area (TPSA) is 75.4 Å². The number of aromatic nitrogens is 2. The summed E-state index contributed by atoms with van der Waals surface area (Å²) in [4.78, 5) is 23.3. The highest BCUT2D eigenvalue weighted by Gasteiger charge is 2.16. The summed E-state index contributed by atoms with van der Waals surface area (Å²) in [6, 6.07) is 4.57. The van der Waals surface area contributed by atoms with Crippen molar-refractivity contribution in [1.82, 2.24) is 9.97 Å². The Morgan fingerprint density at radius 1 is 1.50 bits per heavy atom. The highest BCUT2D eigenvalue weighted by atomic mass is 32.1. The van der Waals surface area contributed by atoms with Crippen molar-refractivity contribution in [1.29, 1.82) is 0 Å². The van der Waals surface area contributed by atoms with Crippen LogP contribution in [-0.2, 0) is 11.2 Å². The number of carboxylic acid groups (broad SMARTS) is 1. The molecular weight excluding hydrogens is 250 g/mol. The molecule has 18 heavy (non-hydrogen) atoms. The first kappa shape index (κ1) is 12.4. The minimum atomic E-state index is -0.966. The maximum atomic E-state index is 11.1. The van der Waals surface area contributed by atoms with E-state index >= 15 is 0 Å². The molecule has 0 aliphatic rings. The van der Waals surface area contributed by atoms with Gasteiger partial charge in [-0.15, -0.1) is 11.3 Å². The molecule has 0 saturated carbocycles. The summed E-state index contributed by atoms with van der Waals surface area (Å²) in [7, 11) is 0. The molecule has 0 amide bonds. The minimum Gasteiger partial charge on any atom is -0.480 e. The molecule has 2 rings (SSSR count). The number of pyridine rings is 1. The van der Waals surface area contributed by atoms with Crippen molar-refractivity contribution >= 4 is 23.5 Å². The maximum absolute atomic E-state index is 11.1. The number of thiazole rings is 1. The quantitative estimate of drug-likeness (QED) is 0.830. The largest absolute Gasteiger partial charge is 0.480 e. The lowest BCUT2D eigenvalue weighted by Crippen LogP contribution is -2.21. The first-order chi connectivity index (χ1) is 8.75. The van der Waals surface area contributed by atoms with Crippen LogP contribution in [0.4, 0.5) is 0 Å². The van der Waals surface area contributed by atoms with Gasteiger partial charge >= 0.3 is 5.97 Å². The van der Waals surface area contributed by atoms with E-state index in [9.17, 15) is 4.79 Å². The summed E-state index contributed by atoms with van der Waals surface area (Å²) in [5.74, 6) is -0.966. The average molecular weight is 261 g/mol. The molecule has 0 bridgehead atoms. The molecule has 2 aromatic heterocycles. The van der Waals surface area contributed by atoms with E-state index in [1.807, 2.05) is 11.4 Å². The number of nitrogens with zero attached hydrogens (tertiary/aromatic N) is 3. The Labute approximate surface area is 108 Å². The van der Waals surface area contributed by atoms with Gasteiger partial charge in [-0.1, -0.05) is 6.07 Å². The van der Waals surface area contributed by atoms with Crippen LogP contribution >= 0.6 is 11.3 Å². The first-order valence-corrected chi connectivity index (χ1v) is 6.24. The monoisotopic (exact) mass is 261 g/mol. The fourth-order valence-corrected chi connectivity index (χ4v) is 1.88. The van der Waals surface area contributed by atoms with Gasteiger partial charge in [-0.05, 0) is 12.1 Å². The summed E-state index contributed by atoms with van der Waals surface area (Å²) in [5.41, 5.74) is 3.06. The number of aliphatic imine (C=N–C) groups is 1. The second-order valence-corrected chi connectivity index (χ2v) is 4.29. The number of rotatable bonds is 5. The van der Waals surface area contributed by atoms with Gasteiger partial charge in [-0.3, -0.25) is 9.98 Å². The summed E-state index contributed by atoms with van der Waals surface area (Å²) in [6.45, 7) is 0. The molecule has 0 aliphatic carbocycles. The molecule has 1 N–H and O–H groups in total. The lowest BCUT2D eigenvalue weighted by atomic mass is 10.1. The lowest BCUT2D eigenvalue weighted by molar-refractivity contribution is -0.138. The molecule has 1 unspecified atom stereocenters. The van der Waals surface area contributed by atoms with E-state index in [2.05, 4.69) is 15.0 Å². The van der Waals surface area contributed by atoms with Crippen LogP contribution in [0.25, 0.3) is 0 Å². The van der Waals surface area contributed by atoms with Crippen molar-refractivity contribution in [2.45, 2.75) is 12.5 Å². The van der Waals surface area contributed by atoms with E-state index in [1.54, 1.807) is 23.8 Å². The Bertz CT molecular complexity index is 526. The molecule has 92 valence electrons. The van der Waals surface area contributed by atoms with Gasteiger partial charge < -0.3 is 5.11 Å². The van der Waals surface area contributed by atoms with Crippen LogP contribution in [0.5, 0.6) is 0 Å². The van der Waals surface area contributed by atoms with Crippen molar-refractivity contribution in [3.8, 4) is 0 Å². The van der Waals surface area contributed by atoms with Crippen LogP contribution in [0.15, 0.2) is 40.3 Å². The van der Waals surface area contributed by atoms with E-state index in [0.717, 1.165) is 0 Å². The normalized spacial score (nSPS) is 12.7. The number of carboxylic acids is 1. The second-order valence-electron chi connectivity index (χ2n) is 3.57. The van der Waals surface area contributed by atoms with E-state index in [4.69, 9.17) is 5.11 Å². The second kappa shape index (κ2) is 6.02. The predicted molar refractivity (Wildman–Crippen MR) is 69.1 cm³/mol. The molecule has 0 saturated heterocycles. The summed E-state index contributed by atoms with van der Waals surface area (Å²) < 4.78 is 0. The Kier molecular flexibility index (Phi) is 4.14. The van der Waals surface area contributed by atoms with Gasteiger partial charge in [0.1, 0.15) is 0 Å². The van der Waals surface area contributed by atoms with Crippen LogP contribution in [0.3, 0.4) is 0 Å². The summed E-state index contributed by atoms with van der Waals surface area (Å²) in [6.07, 6.45) is 3.40. The Balaban J connectivity index is 2.07. The molecular formula is C12H11N3O2S. The number of aliphatic carboxylic acids is 1. The standard InChI is InChI=1S/C12H11N3O2S/c16-12(17)11(5-9-3-1-2-4-13-9)14-6-10-7-18-8-15-10/h1-4,6-8,11H,5H2,(H,16,17)/b14-6+. The Hall–Kier alpha value is -2.08. The lowest BCUT2D eigenvalue weighted by Gasteiger charge is -2.05. The van der Waals surface area contributed by atoms with Crippen molar-refractivity contribution in [2.75, 3.05) is 0 Å². The van der Waals surface area contributed by atoms with Gasteiger partial charge in [-0.2, -0.15) is 0 Å². The predicted octanol–water partition coefficient (Wildman–Crippen LogP) is 1.65. The fraction of sp³-hybridized carbons (Fsp3) is 0.167. The highest BCUT2D eigenvalue weighted by Crippen LogP contribution is 2.04. The maximum Gasteiger partial charge on any atom is 0.328 e. The van der Waals surface area contributed by atoms with E-state index < -0.39 is 12.0 Å². The third-order valence-electron chi connectivity index (χ3n) is 2.25. The zero-order valence-corrected chi connectivity index (χ0v) is 10.2. The number of hydrogen-bond donors (Lipinski definition) is 1. The van der Waals surface area contributed by atoms with Gasteiger partial charge in [0.15, 0.2) is 6.04 Å². The number of carbonyl (C=O) groups is 1. The van der Waals surface area contributed by atoms with Gasteiger partial charge in [0, 0.05) is 29.9 Å². The van der Waals surface area contributed by atoms with Crippen molar-refractivity contribution in [3.63, 3.8) is 0 Å². The molecule has 5 nitrogen and oxygen atoms in total. The van der Waals surface area contributed by atoms with Crippen molar-refractivity contribution in [2.24, 2.45) is 4.99 Å². The molecule has 2 heterocycles. The van der Waals surface area contributed by atoms with Gasteiger partial charge in [0.25, 0.3) is 0 Å². The van der Waals surface area contributed by atoms with E-state index in [1.165, 1.54) is 17.6 Å². The van der Waals surface area contributed by atoms with Crippen molar-refractivity contribution < 1.29 is 9.90 Å².